The summed E-state index contributed by atoms with van der Waals surface area (Å²) < 4.78 is 155. The predicted molar refractivity (Wildman–Crippen MR) is 152 cm³/mol. The van der Waals surface area contributed by atoms with Gasteiger partial charge in [0.05, 0.1) is 43.0 Å². The Morgan fingerprint density at radius 3 is 1.43 bits per heavy atom. The fourth-order valence-corrected chi connectivity index (χ4v) is 6.49. The quantitative estimate of drug-likeness (QED) is 0.0618. The van der Waals surface area contributed by atoms with Gasteiger partial charge in [0.1, 0.15) is 0 Å². The van der Waals surface area contributed by atoms with E-state index in [4.69, 9.17) is 32.2 Å². The Morgan fingerprint density at radius 1 is 0.587 bits per heavy atom. The van der Waals surface area contributed by atoms with Crippen LogP contribution in [-0.2, 0) is 22.8 Å². The molecule has 0 saturated carbocycles. The summed E-state index contributed by atoms with van der Waals surface area (Å²) in [6, 6.07) is 0.582. The van der Waals surface area contributed by atoms with Crippen molar-refractivity contribution in [1.82, 2.24) is 0 Å². The van der Waals surface area contributed by atoms with E-state index in [0.29, 0.717) is 51.4 Å². The largest absolute Gasteiger partial charge is 0.500 e. The van der Waals surface area contributed by atoms with Crippen molar-refractivity contribution < 1.29 is 67.3 Å². The maximum Gasteiger partial charge on any atom is 0.500 e. The summed E-state index contributed by atoms with van der Waals surface area (Å²) in [4.78, 5) is 0. The molecule has 1 fully saturated rings. The molecule has 0 atom stereocenters. The third-order valence-corrected chi connectivity index (χ3v) is 10.8. The molecule has 0 aliphatic carbocycles. The minimum absolute atomic E-state index is 0.178. The lowest BCUT2D eigenvalue weighted by molar-refractivity contribution is -0.134. The standard InChI is InChI=1S/C30H38F8O7Si/c1-5-30(15-43-16-30)17-45-29-26(37)22(33)19(23(34)27(29)38)18-20(31)24(35)28(25(36)21(18)32)44-13-9-7-6-8-11-42-12-10-14-46(39-2,40-3)41-4/h5-17H2,1-4H3. The van der Waals surface area contributed by atoms with Gasteiger partial charge in [-0.05, 0) is 32.1 Å². The van der Waals surface area contributed by atoms with E-state index in [-0.39, 0.29) is 32.8 Å². The van der Waals surface area contributed by atoms with Crippen LogP contribution in [0.4, 0.5) is 35.1 Å². The van der Waals surface area contributed by atoms with Crippen LogP contribution in [0.25, 0.3) is 11.1 Å². The van der Waals surface area contributed by atoms with Crippen molar-refractivity contribution in [2.24, 2.45) is 5.41 Å². The lowest BCUT2D eigenvalue weighted by atomic mass is 9.84. The highest BCUT2D eigenvalue weighted by atomic mass is 28.4. The van der Waals surface area contributed by atoms with Gasteiger partial charge in [0.15, 0.2) is 34.8 Å². The summed E-state index contributed by atoms with van der Waals surface area (Å²) in [5.41, 5.74) is -4.59. The molecule has 3 rings (SSSR count). The molecule has 0 radical (unpaired) electrons. The number of hydrogen-bond acceptors (Lipinski definition) is 7. The van der Waals surface area contributed by atoms with E-state index in [9.17, 15) is 35.1 Å². The Bertz CT molecular complexity index is 1250. The first-order valence-electron chi connectivity index (χ1n) is 14.7. The smallest absolute Gasteiger partial charge is 0.487 e. The lowest BCUT2D eigenvalue weighted by Crippen LogP contribution is -2.46. The fraction of sp³-hybridized carbons (Fsp3) is 0.600. The Morgan fingerprint density at radius 2 is 1.02 bits per heavy atom. The van der Waals surface area contributed by atoms with Crippen LogP contribution < -0.4 is 9.47 Å². The molecule has 1 saturated heterocycles. The van der Waals surface area contributed by atoms with Gasteiger partial charge in [-0.1, -0.05) is 13.3 Å². The topological polar surface area (TPSA) is 64.6 Å². The number of ether oxygens (including phenoxy) is 4. The molecule has 1 aliphatic rings. The molecule has 0 N–H and O–H groups in total. The molecule has 2 aromatic rings. The molecule has 0 amide bonds. The minimum atomic E-state index is -2.66. The predicted octanol–water partition coefficient (Wildman–Crippen LogP) is 7.50. The second-order valence-corrected chi connectivity index (χ2v) is 13.9. The highest BCUT2D eigenvalue weighted by Crippen LogP contribution is 2.42. The monoisotopic (exact) mass is 690 g/mol. The zero-order valence-electron chi connectivity index (χ0n) is 26.1. The van der Waals surface area contributed by atoms with Crippen molar-refractivity contribution in [3.63, 3.8) is 0 Å². The number of unbranched alkanes of at least 4 members (excludes halogenated alkanes) is 3. The molecule has 260 valence electrons. The van der Waals surface area contributed by atoms with Crippen LogP contribution >= 0.6 is 0 Å². The summed E-state index contributed by atoms with van der Waals surface area (Å²) in [5, 5.41) is 0. The zero-order chi connectivity index (χ0) is 34.1. The van der Waals surface area contributed by atoms with Crippen LogP contribution in [0, 0.1) is 52.0 Å². The zero-order valence-corrected chi connectivity index (χ0v) is 27.1. The molecule has 2 aromatic carbocycles. The Labute approximate surface area is 263 Å². The van der Waals surface area contributed by atoms with E-state index in [1.807, 2.05) is 0 Å². The van der Waals surface area contributed by atoms with Crippen molar-refractivity contribution in [3.8, 4) is 22.6 Å². The summed E-state index contributed by atoms with van der Waals surface area (Å²) >= 11 is 0. The molecule has 0 unspecified atom stereocenters. The molecule has 1 heterocycles. The molecule has 0 aromatic heterocycles. The lowest BCUT2D eigenvalue weighted by Gasteiger charge is -2.40. The van der Waals surface area contributed by atoms with Crippen LogP contribution in [-0.4, -0.2) is 69.8 Å². The van der Waals surface area contributed by atoms with Crippen LogP contribution in [0.3, 0.4) is 0 Å². The average molecular weight is 691 g/mol. The third kappa shape index (κ3) is 8.31. The molecule has 7 nitrogen and oxygen atoms in total. The Balaban J connectivity index is 1.58. The van der Waals surface area contributed by atoms with E-state index in [1.54, 1.807) is 6.92 Å². The van der Waals surface area contributed by atoms with E-state index in [1.165, 1.54) is 21.3 Å². The summed E-state index contributed by atoms with van der Waals surface area (Å²) in [6.07, 6.45) is 3.17. The first-order chi connectivity index (χ1) is 21.9. The fourth-order valence-electron chi connectivity index (χ4n) is 4.80. The van der Waals surface area contributed by atoms with Gasteiger partial charge in [-0.25, -0.2) is 17.6 Å². The van der Waals surface area contributed by atoms with Crippen molar-refractivity contribution in [3.05, 3.63) is 46.5 Å². The van der Waals surface area contributed by atoms with Crippen molar-refractivity contribution in [1.29, 1.82) is 0 Å². The average Bonchev–Trinajstić information content (AvgIpc) is 3.04. The van der Waals surface area contributed by atoms with E-state index >= 15 is 0 Å². The SMILES string of the molecule is CCC1(COc2c(F)c(F)c(-c3c(F)c(F)c(OCCCCCCOCCC[Si](OC)(OC)OC)c(F)c3F)c(F)c2F)COC1. The highest BCUT2D eigenvalue weighted by Gasteiger charge is 2.40. The van der Waals surface area contributed by atoms with Gasteiger partial charge in [0.2, 0.25) is 23.3 Å². The van der Waals surface area contributed by atoms with E-state index in [2.05, 4.69) is 0 Å². The van der Waals surface area contributed by atoms with Gasteiger partial charge in [0, 0.05) is 40.6 Å². The van der Waals surface area contributed by atoms with E-state index < -0.39 is 83.4 Å². The van der Waals surface area contributed by atoms with Gasteiger partial charge >= 0.3 is 8.80 Å². The Kier molecular flexibility index (Phi) is 14.1. The first kappa shape index (κ1) is 37.9. The van der Waals surface area contributed by atoms with Crippen LogP contribution in [0.1, 0.15) is 45.4 Å². The van der Waals surface area contributed by atoms with Crippen LogP contribution in [0.5, 0.6) is 11.5 Å². The van der Waals surface area contributed by atoms with Gasteiger partial charge in [-0.2, -0.15) is 17.6 Å². The van der Waals surface area contributed by atoms with Crippen molar-refractivity contribution >= 4 is 8.80 Å². The van der Waals surface area contributed by atoms with Crippen molar-refractivity contribution in [2.75, 3.05) is 61.0 Å². The molecule has 16 heteroatoms. The van der Waals surface area contributed by atoms with E-state index in [0.717, 1.165) is 0 Å². The number of rotatable bonds is 20. The van der Waals surface area contributed by atoms with Gasteiger partial charge in [-0.15, -0.1) is 0 Å². The van der Waals surface area contributed by atoms with Crippen LogP contribution in [0.2, 0.25) is 6.04 Å². The molecule has 0 bridgehead atoms. The second kappa shape index (κ2) is 17.1. The number of hydrogen-bond donors (Lipinski definition) is 0. The molecule has 1 aliphatic heterocycles. The summed E-state index contributed by atoms with van der Waals surface area (Å²) in [6.45, 7) is 2.27. The van der Waals surface area contributed by atoms with Crippen molar-refractivity contribution in [2.45, 2.75) is 51.5 Å². The summed E-state index contributed by atoms with van der Waals surface area (Å²) in [7, 11) is 1.90. The first-order valence-corrected chi connectivity index (χ1v) is 16.6. The normalized spacial score (nSPS) is 14.4. The van der Waals surface area contributed by atoms with Crippen LogP contribution in [0.15, 0.2) is 0 Å². The third-order valence-electron chi connectivity index (χ3n) is 7.92. The number of halogens is 8. The molecular formula is C30H38F8O7Si. The van der Waals surface area contributed by atoms with Gasteiger partial charge in [0.25, 0.3) is 0 Å². The second-order valence-electron chi connectivity index (χ2n) is 10.8. The Hall–Kier alpha value is -2.50. The highest BCUT2D eigenvalue weighted by molar-refractivity contribution is 6.60. The minimum Gasteiger partial charge on any atom is -0.487 e. The summed E-state index contributed by atoms with van der Waals surface area (Å²) in [5.74, 6) is -20.6. The maximum atomic E-state index is 14.9. The molecule has 0 spiro atoms. The number of benzene rings is 2. The van der Waals surface area contributed by atoms with Gasteiger partial charge < -0.3 is 32.2 Å². The molecule has 46 heavy (non-hydrogen) atoms. The maximum absolute atomic E-state index is 14.9. The molecular weight excluding hydrogens is 652 g/mol. The van der Waals surface area contributed by atoms with Gasteiger partial charge in [-0.3, -0.25) is 0 Å².